The molecule has 0 unspecified atom stereocenters. The third-order valence-electron chi connectivity index (χ3n) is 3.14. The summed E-state index contributed by atoms with van der Waals surface area (Å²) in [5.41, 5.74) is 0. The number of hydrogen-bond donors (Lipinski definition) is 0. The molecule has 0 aliphatic carbocycles. The molecule has 3 rings (SSSR count). The third kappa shape index (κ3) is 2.31. The first-order valence-corrected chi connectivity index (χ1v) is 8.44. The maximum Gasteiger partial charge on any atom is 0.232 e. The second-order valence-electron chi connectivity index (χ2n) is 4.35. The van der Waals surface area contributed by atoms with E-state index < -0.39 is 10.0 Å². The van der Waals surface area contributed by atoms with Crippen LogP contribution in [0.5, 0.6) is 0 Å². The number of nitrogens with zero attached hydrogens (tertiary/aromatic N) is 3. The molecule has 6 nitrogen and oxygen atoms in total. The molecule has 2 aromatic heterocycles. The predicted molar refractivity (Wildman–Crippen MR) is 71.4 cm³/mol. The highest BCUT2D eigenvalue weighted by atomic mass is 32.2. The molecule has 0 saturated carbocycles. The van der Waals surface area contributed by atoms with Gasteiger partial charge in [0.25, 0.3) is 0 Å². The summed E-state index contributed by atoms with van der Waals surface area (Å²) in [7, 11) is -3.09. The van der Waals surface area contributed by atoms with Crippen LogP contribution in [0.3, 0.4) is 0 Å². The van der Waals surface area contributed by atoms with E-state index in [0.29, 0.717) is 24.8 Å². The van der Waals surface area contributed by atoms with Crippen LogP contribution in [-0.2, 0) is 10.0 Å². The Morgan fingerprint density at radius 2 is 2.32 bits per heavy atom. The molecule has 2 aromatic rings. The highest BCUT2D eigenvalue weighted by Crippen LogP contribution is 2.30. The van der Waals surface area contributed by atoms with Crippen molar-refractivity contribution in [1.82, 2.24) is 14.4 Å². The monoisotopic (exact) mass is 299 g/mol. The zero-order valence-corrected chi connectivity index (χ0v) is 11.9. The molecule has 19 heavy (non-hydrogen) atoms. The Kier molecular flexibility index (Phi) is 3.15. The zero-order valence-electron chi connectivity index (χ0n) is 10.3. The summed E-state index contributed by atoms with van der Waals surface area (Å²) in [5, 5.41) is 5.87. The van der Waals surface area contributed by atoms with Gasteiger partial charge in [-0.2, -0.15) is 4.98 Å². The Morgan fingerprint density at radius 1 is 1.53 bits per heavy atom. The maximum atomic E-state index is 11.6. The molecule has 1 saturated heterocycles. The van der Waals surface area contributed by atoms with E-state index in [0.717, 1.165) is 4.88 Å². The van der Waals surface area contributed by atoms with Crippen molar-refractivity contribution in [2.24, 2.45) is 0 Å². The molecule has 1 aliphatic heterocycles. The van der Waals surface area contributed by atoms with Crippen molar-refractivity contribution in [3.8, 4) is 10.7 Å². The van der Waals surface area contributed by atoms with Crippen LogP contribution in [0.15, 0.2) is 22.0 Å². The average Bonchev–Trinajstić information content (AvgIpc) is 2.96. The predicted octanol–water partition coefficient (Wildman–Crippen LogP) is 1.55. The number of aromatic nitrogens is 2. The molecule has 0 amide bonds. The quantitative estimate of drug-likeness (QED) is 0.856. The number of sulfonamides is 1. The zero-order chi connectivity index (χ0) is 13.5. The summed E-state index contributed by atoms with van der Waals surface area (Å²) in [6.45, 7) is 2.51. The SMILES string of the molecule is CCS(=O)(=O)N1CC(c2nc(-c3cccs3)no2)C1. The fourth-order valence-corrected chi connectivity index (χ4v) is 3.74. The topological polar surface area (TPSA) is 76.3 Å². The second-order valence-corrected chi connectivity index (χ2v) is 7.55. The first-order chi connectivity index (χ1) is 9.10. The molecule has 3 heterocycles. The molecule has 0 bridgehead atoms. The van der Waals surface area contributed by atoms with Crippen LogP contribution in [0.25, 0.3) is 10.7 Å². The van der Waals surface area contributed by atoms with E-state index in [-0.39, 0.29) is 11.7 Å². The van der Waals surface area contributed by atoms with Crippen molar-refractivity contribution < 1.29 is 12.9 Å². The van der Waals surface area contributed by atoms with Gasteiger partial charge in [-0.15, -0.1) is 11.3 Å². The smallest absolute Gasteiger partial charge is 0.232 e. The molecule has 0 radical (unpaired) electrons. The number of rotatable bonds is 4. The minimum absolute atomic E-state index is 0.0162. The largest absolute Gasteiger partial charge is 0.339 e. The lowest BCUT2D eigenvalue weighted by Crippen LogP contribution is -2.49. The van der Waals surface area contributed by atoms with E-state index in [9.17, 15) is 8.42 Å². The number of hydrogen-bond acceptors (Lipinski definition) is 6. The lowest BCUT2D eigenvalue weighted by atomic mass is 10.0. The van der Waals surface area contributed by atoms with E-state index in [1.807, 2.05) is 17.5 Å². The van der Waals surface area contributed by atoms with Crippen molar-refractivity contribution >= 4 is 21.4 Å². The van der Waals surface area contributed by atoms with Gasteiger partial charge in [-0.25, -0.2) is 12.7 Å². The molecular weight excluding hydrogens is 286 g/mol. The molecule has 0 aromatic carbocycles. The lowest BCUT2D eigenvalue weighted by molar-refractivity contribution is 0.217. The van der Waals surface area contributed by atoms with Crippen LogP contribution in [0, 0.1) is 0 Å². The van der Waals surface area contributed by atoms with E-state index in [1.54, 1.807) is 18.3 Å². The minimum atomic E-state index is -3.09. The van der Waals surface area contributed by atoms with Crippen molar-refractivity contribution in [2.75, 3.05) is 18.8 Å². The van der Waals surface area contributed by atoms with Crippen LogP contribution in [0.2, 0.25) is 0 Å². The fraction of sp³-hybridized carbons (Fsp3) is 0.455. The molecule has 1 fully saturated rings. The molecule has 8 heteroatoms. The molecule has 1 aliphatic rings. The molecule has 102 valence electrons. The highest BCUT2D eigenvalue weighted by Gasteiger charge is 2.38. The molecule has 0 spiro atoms. The Bertz CT molecular complexity index is 657. The lowest BCUT2D eigenvalue weighted by Gasteiger charge is -2.35. The maximum absolute atomic E-state index is 11.6. The Morgan fingerprint density at radius 3 is 2.95 bits per heavy atom. The van der Waals surface area contributed by atoms with Gasteiger partial charge in [-0.05, 0) is 18.4 Å². The van der Waals surface area contributed by atoms with Crippen molar-refractivity contribution in [3.63, 3.8) is 0 Å². The van der Waals surface area contributed by atoms with E-state index in [2.05, 4.69) is 10.1 Å². The van der Waals surface area contributed by atoms with Crippen LogP contribution in [0.4, 0.5) is 0 Å². The average molecular weight is 299 g/mol. The molecule has 0 atom stereocenters. The number of thiophene rings is 1. The van der Waals surface area contributed by atoms with Gasteiger partial charge in [-0.3, -0.25) is 0 Å². The van der Waals surface area contributed by atoms with Gasteiger partial charge in [0.05, 0.1) is 16.5 Å². The van der Waals surface area contributed by atoms with Gasteiger partial charge in [-0.1, -0.05) is 11.2 Å². The Hall–Kier alpha value is -1.25. The molecular formula is C11H13N3O3S2. The normalized spacial score (nSPS) is 17.5. The summed E-state index contributed by atoms with van der Waals surface area (Å²) >= 11 is 1.54. The Balaban J connectivity index is 1.70. The van der Waals surface area contributed by atoms with Gasteiger partial charge in [0.1, 0.15) is 0 Å². The Labute approximate surface area is 115 Å². The van der Waals surface area contributed by atoms with E-state index in [4.69, 9.17) is 4.52 Å². The summed E-state index contributed by atoms with van der Waals surface area (Å²) in [5.74, 6) is 1.24. The second kappa shape index (κ2) is 4.69. The van der Waals surface area contributed by atoms with Gasteiger partial charge in [0, 0.05) is 13.1 Å². The third-order valence-corrected chi connectivity index (χ3v) is 5.82. The first kappa shape index (κ1) is 12.8. The van der Waals surface area contributed by atoms with Crippen LogP contribution < -0.4 is 0 Å². The van der Waals surface area contributed by atoms with Crippen LogP contribution in [0.1, 0.15) is 18.7 Å². The fourth-order valence-electron chi connectivity index (χ4n) is 1.91. The highest BCUT2D eigenvalue weighted by molar-refractivity contribution is 7.89. The summed E-state index contributed by atoms with van der Waals surface area (Å²) in [4.78, 5) is 5.28. The van der Waals surface area contributed by atoms with Gasteiger partial charge in [0.15, 0.2) is 0 Å². The van der Waals surface area contributed by atoms with E-state index >= 15 is 0 Å². The van der Waals surface area contributed by atoms with Gasteiger partial charge >= 0.3 is 0 Å². The summed E-state index contributed by atoms with van der Waals surface area (Å²) in [6.07, 6.45) is 0. The molecule has 0 N–H and O–H groups in total. The van der Waals surface area contributed by atoms with Crippen molar-refractivity contribution in [3.05, 3.63) is 23.4 Å². The first-order valence-electron chi connectivity index (χ1n) is 5.95. The summed E-state index contributed by atoms with van der Waals surface area (Å²) in [6, 6.07) is 3.85. The van der Waals surface area contributed by atoms with Crippen molar-refractivity contribution in [2.45, 2.75) is 12.8 Å². The van der Waals surface area contributed by atoms with Gasteiger partial charge < -0.3 is 4.52 Å². The minimum Gasteiger partial charge on any atom is -0.339 e. The van der Waals surface area contributed by atoms with Crippen LogP contribution in [-0.4, -0.2) is 41.7 Å². The van der Waals surface area contributed by atoms with Crippen molar-refractivity contribution in [1.29, 1.82) is 0 Å². The van der Waals surface area contributed by atoms with Gasteiger partial charge in [0.2, 0.25) is 21.7 Å². The van der Waals surface area contributed by atoms with E-state index in [1.165, 1.54) is 4.31 Å². The van der Waals surface area contributed by atoms with Crippen LogP contribution >= 0.6 is 11.3 Å². The standard InChI is InChI=1S/C11H13N3O3S2/c1-2-19(15,16)14-6-8(7-14)11-12-10(13-17-11)9-4-3-5-18-9/h3-5,8H,2,6-7H2,1H3. The summed E-state index contributed by atoms with van der Waals surface area (Å²) < 4.78 is 29.9.